The molecule has 1 aliphatic rings. The topological polar surface area (TPSA) is 72.7 Å². The Bertz CT molecular complexity index is 609. The summed E-state index contributed by atoms with van der Waals surface area (Å²) in [6.07, 6.45) is 2.70. The van der Waals surface area contributed by atoms with Gasteiger partial charge in [0, 0.05) is 17.1 Å². The van der Waals surface area contributed by atoms with Crippen molar-refractivity contribution in [1.82, 2.24) is 25.5 Å². The molecule has 104 valence electrons. The van der Waals surface area contributed by atoms with Crippen molar-refractivity contribution in [3.63, 3.8) is 0 Å². The molecule has 0 unspecified atom stereocenters. The average Bonchev–Trinajstić information content (AvgIpc) is 2.83. The minimum Gasteiger partial charge on any atom is -0.354 e. The van der Waals surface area contributed by atoms with E-state index < -0.39 is 0 Å². The molecular weight excluding hydrogens is 278 g/mol. The van der Waals surface area contributed by atoms with E-state index in [4.69, 9.17) is 11.6 Å². The van der Waals surface area contributed by atoms with Crippen LogP contribution in [0.3, 0.4) is 0 Å². The third-order valence-corrected chi connectivity index (χ3v) is 3.57. The summed E-state index contributed by atoms with van der Waals surface area (Å²) in [6, 6.07) is 6.84. The lowest BCUT2D eigenvalue weighted by atomic mass is 10.1. The number of hydrogen-bond donors (Lipinski definition) is 1. The van der Waals surface area contributed by atoms with Crippen LogP contribution in [-0.2, 0) is 4.79 Å². The van der Waals surface area contributed by atoms with Gasteiger partial charge in [-0.05, 0) is 48.7 Å². The van der Waals surface area contributed by atoms with Gasteiger partial charge < -0.3 is 5.32 Å². The molecule has 20 heavy (non-hydrogen) atoms. The van der Waals surface area contributed by atoms with Gasteiger partial charge in [-0.2, -0.15) is 4.80 Å². The van der Waals surface area contributed by atoms with Crippen molar-refractivity contribution in [3.05, 3.63) is 29.3 Å². The standard InChI is InChI=1S/C13H14ClN5O/c14-10-6-4-9(5-7-10)12-16-18-19(17-12)11-3-1-2-8-15-13(11)20/h4-7,11H,1-3,8H2,(H,15,20)/t11-/m1/s1. The summed E-state index contributed by atoms with van der Waals surface area (Å²) in [7, 11) is 0. The summed E-state index contributed by atoms with van der Waals surface area (Å²) in [6.45, 7) is 0.716. The van der Waals surface area contributed by atoms with E-state index in [1.165, 1.54) is 4.80 Å². The first kappa shape index (κ1) is 13.1. The van der Waals surface area contributed by atoms with Gasteiger partial charge in [0.25, 0.3) is 0 Å². The number of amides is 1. The molecule has 7 heteroatoms. The molecule has 1 atom stereocenters. The molecule has 0 spiro atoms. The van der Waals surface area contributed by atoms with Crippen LogP contribution in [0.2, 0.25) is 5.02 Å². The lowest BCUT2D eigenvalue weighted by molar-refractivity contribution is -0.124. The maximum absolute atomic E-state index is 11.9. The smallest absolute Gasteiger partial charge is 0.246 e. The predicted molar refractivity (Wildman–Crippen MR) is 74.2 cm³/mol. The van der Waals surface area contributed by atoms with E-state index in [0.29, 0.717) is 17.4 Å². The van der Waals surface area contributed by atoms with Gasteiger partial charge in [-0.3, -0.25) is 4.79 Å². The van der Waals surface area contributed by atoms with E-state index in [-0.39, 0.29) is 11.9 Å². The van der Waals surface area contributed by atoms with Crippen molar-refractivity contribution >= 4 is 17.5 Å². The number of halogens is 1. The Hall–Kier alpha value is -1.95. The first-order valence-electron chi connectivity index (χ1n) is 6.57. The van der Waals surface area contributed by atoms with Crippen molar-refractivity contribution in [2.24, 2.45) is 0 Å². The molecule has 1 amide bonds. The molecule has 0 bridgehead atoms. The fourth-order valence-electron chi connectivity index (χ4n) is 2.22. The first-order valence-corrected chi connectivity index (χ1v) is 6.95. The van der Waals surface area contributed by atoms with Gasteiger partial charge in [0.2, 0.25) is 11.7 Å². The second-order valence-electron chi connectivity index (χ2n) is 4.74. The van der Waals surface area contributed by atoms with E-state index in [2.05, 4.69) is 20.7 Å². The van der Waals surface area contributed by atoms with Crippen molar-refractivity contribution < 1.29 is 4.79 Å². The molecule has 6 nitrogen and oxygen atoms in total. The number of aromatic nitrogens is 4. The minimum atomic E-state index is -0.369. The fraction of sp³-hybridized carbons (Fsp3) is 0.385. The number of nitrogens with zero attached hydrogens (tertiary/aromatic N) is 4. The Kier molecular flexibility index (Phi) is 3.64. The number of nitrogens with one attached hydrogen (secondary N) is 1. The third-order valence-electron chi connectivity index (χ3n) is 3.32. The molecular formula is C13H14ClN5O. The zero-order valence-corrected chi connectivity index (χ0v) is 11.5. The second-order valence-corrected chi connectivity index (χ2v) is 5.18. The highest BCUT2D eigenvalue weighted by Crippen LogP contribution is 2.20. The number of rotatable bonds is 2. The van der Waals surface area contributed by atoms with Crippen LogP contribution in [0.15, 0.2) is 24.3 Å². The number of tetrazole rings is 1. The lowest BCUT2D eigenvalue weighted by Gasteiger charge is -2.10. The Morgan fingerprint density at radius 3 is 2.85 bits per heavy atom. The Morgan fingerprint density at radius 2 is 2.05 bits per heavy atom. The normalized spacial score (nSPS) is 19.4. The highest BCUT2D eigenvalue weighted by atomic mass is 35.5. The van der Waals surface area contributed by atoms with E-state index in [1.54, 1.807) is 12.1 Å². The maximum Gasteiger partial charge on any atom is 0.246 e. The SMILES string of the molecule is O=C1NCCCC[C@H]1n1nnc(-c2ccc(Cl)cc2)n1. The van der Waals surface area contributed by atoms with Crippen LogP contribution in [0, 0.1) is 0 Å². The Morgan fingerprint density at radius 1 is 1.25 bits per heavy atom. The second kappa shape index (κ2) is 5.58. The predicted octanol–water partition coefficient (Wildman–Crippen LogP) is 1.83. The van der Waals surface area contributed by atoms with Gasteiger partial charge in [-0.15, -0.1) is 10.2 Å². The summed E-state index contributed by atoms with van der Waals surface area (Å²) in [5.74, 6) is 0.460. The Balaban J connectivity index is 1.85. The van der Waals surface area contributed by atoms with E-state index in [9.17, 15) is 4.79 Å². The lowest BCUT2D eigenvalue weighted by Crippen LogP contribution is -2.32. The first-order chi connectivity index (χ1) is 9.74. The monoisotopic (exact) mass is 291 g/mol. The summed E-state index contributed by atoms with van der Waals surface area (Å²) < 4.78 is 0. The quantitative estimate of drug-likeness (QED) is 0.916. The molecule has 1 fully saturated rings. The molecule has 0 radical (unpaired) electrons. The van der Waals surface area contributed by atoms with Crippen molar-refractivity contribution in [2.75, 3.05) is 6.54 Å². The van der Waals surface area contributed by atoms with Crippen LogP contribution in [-0.4, -0.2) is 32.7 Å². The van der Waals surface area contributed by atoms with Gasteiger partial charge in [-0.1, -0.05) is 11.6 Å². The summed E-state index contributed by atoms with van der Waals surface area (Å²) in [5, 5.41) is 15.9. The highest BCUT2D eigenvalue weighted by molar-refractivity contribution is 6.30. The molecule has 0 saturated carbocycles. The number of benzene rings is 1. The van der Waals surface area contributed by atoms with E-state index in [1.807, 2.05) is 12.1 Å². The molecule has 1 aromatic carbocycles. The molecule has 0 aliphatic carbocycles. The van der Waals surface area contributed by atoms with Crippen LogP contribution < -0.4 is 5.32 Å². The molecule has 1 N–H and O–H groups in total. The summed E-state index contributed by atoms with van der Waals surface area (Å²) >= 11 is 5.85. The van der Waals surface area contributed by atoms with Crippen LogP contribution >= 0.6 is 11.6 Å². The average molecular weight is 292 g/mol. The number of carbonyl (C=O) groups is 1. The highest BCUT2D eigenvalue weighted by Gasteiger charge is 2.25. The van der Waals surface area contributed by atoms with Crippen molar-refractivity contribution in [1.29, 1.82) is 0 Å². The van der Waals surface area contributed by atoms with Gasteiger partial charge in [0.05, 0.1) is 0 Å². The third kappa shape index (κ3) is 2.65. The largest absolute Gasteiger partial charge is 0.354 e. The van der Waals surface area contributed by atoms with Gasteiger partial charge in [-0.25, -0.2) is 0 Å². The molecule has 2 heterocycles. The molecule has 2 aromatic rings. The van der Waals surface area contributed by atoms with Gasteiger partial charge in [0.1, 0.15) is 0 Å². The van der Waals surface area contributed by atoms with Crippen molar-refractivity contribution in [2.45, 2.75) is 25.3 Å². The number of carbonyl (C=O) groups excluding carboxylic acids is 1. The van der Waals surface area contributed by atoms with E-state index >= 15 is 0 Å². The van der Waals surface area contributed by atoms with E-state index in [0.717, 1.165) is 24.8 Å². The van der Waals surface area contributed by atoms with Crippen LogP contribution in [0.1, 0.15) is 25.3 Å². The molecule has 1 aliphatic heterocycles. The summed E-state index contributed by atoms with van der Waals surface area (Å²) in [5.41, 5.74) is 0.828. The van der Waals surface area contributed by atoms with Crippen LogP contribution in [0.4, 0.5) is 0 Å². The fourth-order valence-corrected chi connectivity index (χ4v) is 2.34. The molecule has 3 rings (SSSR count). The van der Waals surface area contributed by atoms with Crippen LogP contribution in [0.5, 0.6) is 0 Å². The summed E-state index contributed by atoms with van der Waals surface area (Å²) in [4.78, 5) is 13.4. The molecule has 1 aromatic heterocycles. The van der Waals surface area contributed by atoms with Gasteiger partial charge >= 0.3 is 0 Å². The Labute approximate surface area is 121 Å². The van der Waals surface area contributed by atoms with Crippen molar-refractivity contribution in [3.8, 4) is 11.4 Å². The zero-order chi connectivity index (χ0) is 13.9. The van der Waals surface area contributed by atoms with Gasteiger partial charge in [0.15, 0.2) is 6.04 Å². The van der Waals surface area contributed by atoms with Crippen LogP contribution in [0.25, 0.3) is 11.4 Å². The maximum atomic E-state index is 11.9. The minimum absolute atomic E-state index is 0.0393. The number of hydrogen-bond acceptors (Lipinski definition) is 4. The zero-order valence-electron chi connectivity index (χ0n) is 10.8. The molecule has 1 saturated heterocycles.